The van der Waals surface area contributed by atoms with Gasteiger partial charge in [-0.2, -0.15) is 0 Å². The minimum Gasteiger partial charge on any atom is -0.504 e. The number of phenolic OH excluding ortho intramolecular Hbond substituents is 1. The van der Waals surface area contributed by atoms with Crippen LogP contribution in [-0.2, 0) is 4.79 Å². The third-order valence-electron chi connectivity index (χ3n) is 5.85. The van der Waals surface area contributed by atoms with Gasteiger partial charge in [-0.1, -0.05) is 36.4 Å². The lowest BCUT2D eigenvalue weighted by Crippen LogP contribution is -2.29. The maximum atomic E-state index is 13.4. The van der Waals surface area contributed by atoms with Crippen molar-refractivity contribution in [2.45, 2.75) is 12.8 Å². The second-order valence-electron chi connectivity index (χ2n) is 8.10. The number of phenols is 1. The molecule has 3 heterocycles. The number of nitrogens with one attached hydrogen (secondary N) is 1. The first-order valence-electron chi connectivity index (χ1n) is 11.0. The second-order valence-corrected chi connectivity index (χ2v) is 9.13. The molecule has 1 aliphatic rings. The quantitative estimate of drug-likeness (QED) is 0.415. The summed E-state index contributed by atoms with van der Waals surface area (Å²) in [5.74, 6) is 0.317. The molecule has 5 rings (SSSR count). The fraction of sp³-hybridized carbons (Fsp3) is 0.192. The van der Waals surface area contributed by atoms with Gasteiger partial charge < -0.3 is 19.7 Å². The van der Waals surface area contributed by atoms with Crippen LogP contribution in [-0.4, -0.2) is 46.1 Å². The van der Waals surface area contributed by atoms with Gasteiger partial charge in [-0.05, 0) is 48.2 Å². The van der Waals surface area contributed by atoms with Crippen molar-refractivity contribution in [1.29, 1.82) is 0 Å². The molecule has 34 heavy (non-hydrogen) atoms. The third-order valence-corrected chi connectivity index (χ3v) is 6.93. The number of ether oxygens (including phenoxy) is 1. The zero-order valence-corrected chi connectivity index (χ0v) is 19.4. The Kier molecular flexibility index (Phi) is 5.90. The Hall–Kier alpha value is -3.91. The fourth-order valence-electron chi connectivity index (χ4n) is 4.09. The molecule has 2 aromatic heterocycles. The molecule has 1 aliphatic heterocycles. The maximum Gasteiger partial charge on any atom is 0.259 e. The minimum atomic E-state index is -0.295. The molecular weight excluding hydrogens is 450 g/mol. The van der Waals surface area contributed by atoms with Gasteiger partial charge in [0.1, 0.15) is 10.7 Å². The summed E-state index contributed by atoms with van der Waals surface area (Å²) in [6.07, 6.45) is 3.53. The molecule has 0 aliphatic carbocycles. The molecule has 0 atom stereocenters. The van der Waals surface area contributed by atoms with Gasteiger partial charge in [0.05, 0.1) is 18.1 Å². The van der Waals surface area contributed by atoms with E-state index in [4.69, 9.17) is 4.74 Å². The van der Waals surface area contributed by atoms with Crippen LogP contribution in [0.15, 0.2) is 59.4 Å². The van der Waals surface area contributed by atoms with E-state index in [9.17, 15) is 14.7 Å². The van der Waals surface area contributed by atoms with E-state index in [1.165, 1.54) is 24.5 Å². The number of thiophene rings is 1. The number of methoxy groups -OCH3 is 1. The summed E-state index contributed by atoms with van der Waals surface area (Å²) >= 11 is 1.41. The first kappa shape index (κ1) is 21.9. The molecule has 0 unspecified atom stereocenters. The normalized spacial score (nSPS) is 14.0. The summed E-state index contributed by atoms with van der Waals surface area (Å²) in [5.41, 5.74) is 1.58. The van der Waals surface area contributed by atoms with Gasteiger partial charge in [0.25, 0.3) is 11.5 Å². The Morgan fingerprint density at radius 1 is 1.15 bits per heavy atom. The molecule has 8 heteroatoms. The van der Waals surface area contributed by atoms with Gasteiger partial charge in [-0.3, -0.25) is 9.59 Å². The SMILES string of the molecule is COc1ccc(C=C(C(=O)N2CCCC2)c2nc3sc(-c4ccccc4)cc3c(=O)[nH]2)cc1O. The van der Waals surface area contributed by atoms with Gasteiger partial charge >= 0.3 is 0 Å². The Bertz CT molecular complexity index is 1450. The largest absolute Gasteiger partial charge is 0.504 e. The van der Waals surface area contributed by atoms with Gasteiger partial charge in [0.2, 0.25) is 0 Å². The molecular formula is C26H23N3O4S. The zero-order chi connectivity index (χ0) is 23.7. The van der Waals surface area contributed by atoms with Crippen LogP contribution in [0.4, 0.5) is 0 Å². The lowest BCUT2D eigenvalue weighted by molar-refractivity contribution is -0.123. The molecule has 0 spiro atoms. The summed E-state index contributed by atoms with van der Waals surface area (Å²) in [6.45, 7) is 1.32. The van der Waals surface area contributed by atoms with Gasteiger partial charge in [-0.25, -0.2) is 4.98 Å². The predicted octanol–water partition coefficient (Wildman–Crippen LogP) is 4.53. The van der Waals surface area contributed by atoms with Crippen molar-refractivity contribution in [3.8, 4) is 21.9 Å². The first-order chi connectivity index (χ1) is 16.5. The number of aromatic amines is 1. The first-order valence-corrected chi connectivity index (χ1v) is 11.8. The average Bonchev–Trinajstić information content (AvgIpc) is 3.53. The van der Waals surface area contributed by atoms with E-state index >= 15 is 0 Å². The predicted molar refractivity (Wildman–Crippen MR) is 134 cm³/mol. The van der Waals surface area contributed by atoms with Crippen LogP contribution in [0.1, 0.15) is 24.2 Å². The average molecular weight is 474 g/mol. The Morgan fingerprint density at radius 2 is 1.91 bits per heavy atom. The third kappa shape index (κ3) is 4.20. The fourth-order valence-corrected chi connectivity index (χ4v) is 5.13. The van der Waals surface area contributed by atoms with Crippen LogP contribution < -0.4 is 10.3 Å². The van der Waals surface area contributed by atoms with E-state index in [1.54, 1.807) is 23.1 Å². The number of H-pyrrole nitrogens is 1. The van der Waals surface area contributed by atoms with Crippen LogP contribution in [0, 0.1) is 0 Å². The highest BCUT2D eigenvalue weighted by Gasteiger charge is 2.25. The van der Waals surface area contributed by atoms with E-state index in [-0.39, 0.29) is 28.6 Å². The second kappa shape index (κ2) is 9.15. The number of carbonyl (C=O) groups is 1. The number of aromatic nitrogens is 2. The molecule has 0 bridgehead atoms. The van der Waals surface area contributed by atoms with Crippen LogP contribution in [0.3, 0.4) is 0 Å². The number of benzene rings is 2. The van der Waals surface area contributed by atoms with Crippen molar-refractivity contribution in [2.75, 3.05) is 20.2 Å². The van der Waals surface area contributed by atoms with Crippen molar-refractivity contribution in [3.05, 3.63) is 76.3 Å². The van der Waals surface area contributed by atoms with Crippen molar-refractivity contribution in [3.63, 3.8) is 0 Å². The molecule has 7 nitrogen and oxygen atoms in total. The number of hydrogen-bond donors (Lipinski definition) is 2. The lowest BCUT2D eigenvalue weighted by Gasteiger charge is -2.17. The number of fused-ring (bicyclic) bond motifs is 1. The van der Waals surface area contributed by atoms with Crippen LogP contribution in [0.25, 0.3) is 32.3 Å². The Labute approximate surface area is 200 Å². The maximum absolute atomic E-state index is 13.4. The highest BCUT2D eigenvalue weighted by atomic mass is 32.1. The number of carbonyl (C=O) groups excluding carboxylic acids is 1. The lowest BCUT2D eigenvalue weighted by atomic mass is 10.1. The van der Waals surface area contributed by atoms with Crippen molar-refractivity contribution in [2.24, 2.45) is 0 Å². The summed E-state index contributed by atoms with van der Waals surface area (Å²) in [4.78, 5) is 37.2. The molecule has 1 amide bonds. The van der Waals surface area contributed by atoms with Crippen LogP contribution >= 0.6 is 11.3 Å². The Morgan fingerprint density at radius 3 is 2.62 bits per heavy atom. The molecule has 172 valence electrons. The number of likely N-dealkylation sites (tertiary alicyclic amines) is 1. The molecule has 1 saturated heterocycles. The molecule has 0 radical (unpaired) electrons. The highest BCUT2D eigenvalue weighted by molar-refractivity contribution is 7.21. The zero-order valence-electron chi connectivity index (χ0n) is 18.6. The summed E-state index contributed by atoms with van der Waals surface area (Å²) in [7, 11) is 1.47. The highest BCUT2D eigenvalue weighted by Crippen LogP contribution is 2.32. The molecule has 0 saturated carbocycles. The van der Waals surface area contributed by atoms with Crippen molar-refractivity contribution >= 4 is 39.1 Å². The van der Waals surface area contributed by atoms with E-state index in [0.29, 0.717) is 34.6 Å². The number of hydrogen-bond acceptors (Lipinski definition) is 6. The van der Waals surface area contributed by atoms with E-state index in [2.05, 4.69) is 9.97 Å². The standard InChI is InChI=1S/C26H23N3O4S/c1-33-21-10-9-16(14-20(21)30)13-18(26(32)29-11-5-6-12-29)23-27-24(31)19-15-22(34-25(19)28-23)17-7-3-2-4-8-17/h2-4,7-10,13-15,30H,5-6,11-12H2,1H3,(H,27,28,31). The summed E-state index contributed by atoms with van der Waals surface area (Å²) < 4.78 is 5.12. The van der Waals surface area contributed by atoms with Crippen LogP contribution in [0.5, 0.6) is 11.5 Å². The minimum absolute atomic E-state index is 0.0353. The smallest absolute Gasteiger partial charge is 0.259 e. The number of rotatable bonds is 5. The topological polar surface area (TPSA) is 95.5 Å². The molecule has 2 aromatic carbocycles. The number of amides is 1. The van der Waals surface area contributed by atoms with Crippen molar-refractivity contribution < 1.29 is 14.6 Å². The van der Waals surface area contributed by atoms with E-state index in [0.717, 1.165) is 23.3 Å². The monoisotopic (exact) mass is 473 g/mol. The van der Waals surface area contributed by atoms with Gasteiger partial charge in [-0.15, -0.1) is 11.3 Å². The van der Waals surface area contributed by atoms with Crippen LogP contribution in [0.2, 0.25) is 0 Å². The molecule has 1 fully saturated rings. The molecule has 4 aromatic rings. The number of nitrogens with zero attached hydrogens (tertiary/aromatic N) is 2. The molecule has 2 N–H and O–H groups in total. The van der Waals surface area contributed by atoms with Gasteiger partial charge in [0.15, 0.2) is 11.5 Å². The summed E-state index contributed by atoms with van der Waals surface area (Å²) in [5, 5.41) is 10.7. The number of aromatic hydroxyl groups is 1. The Balaban J connectivity index is 1.63. The van der Waals surface area contributed by atoms with E-state index in [1.807, 2.05) is 36.4 Å². The summed E-state index contributed by atoms with van der Waals surface area (Å²) in [6, 6.07) is 16.5. The van der Waals surface area contributed by atoms with Gasteiger partial charge in [0, 0.05) is 18.0 Å². The van der Waals surface area contributed by atoms with E-state index < -0.39 is 0 Å². The van der Waals surface area contributed by atoms with Crippen molar-refractivity contribution in [1.82, 2.24) is 14.9 Å².